The van der Waals surface area contributed by atoms with Gasteiger partial charge >= 0.3 is 0 Å². The van der Waals surface area contributed by atoms with E-state index in [2.05, 4.69) is 37.4 Å². The van der Waals surface area contributed by atoms with E-state index in [0.29, 0.717) is 6.04 Å². The fourth-order valence-electron chi connectivity index (χ4n) is 0.956. The normalized spacial score (nSPS) is 23.1. The first-order valence-corrected chi connectivity index (χ1v) is 5.51. The van der Waals surface area contributed by atoms with Crippen LogP contribution in [0.15, 0.2) is 11.5 Å². The summed E-state index contributed by atoms with van der Waals surface area (Å²) in [6, 6.07) is 0.621. The van der Waals surface area contributed by atoms with Crippen LogP contribution in [0.25, 0.3) is 0 Å². The van der Waals surface area contributed by atoms with Crippen LogP contribution < -0.4 is 0 Å². The highest BCUT2D eigenvalue weighted by Gasteiger charge is 2.22. The van der Waals surface area contributed by atoms with Crippen molar-refractivity contribution in [3.63, 3.8) is 0 Å². The molecule has 2 heterocycles. The van der Waals surface area contributed by atoms with Crippen LogP contribution in [-0.2, 0) is 0 Å². The minimum Gasteiger partial charge on any atom is -0.304 e. The molecule has 1 aromatic rings. The molecular formula is C5H6IN3S. The molecule has 3 nitrogen and oxygen atoms in total. The first-order chi connectivity index (χ1) is 4.92. The average Bonchev–Trinajstić information content (AvgIpc) is 2.44. The van der Waals surface area contributed by atoms with Gasteiger partial charge in [-0.15, -0.1) is 10.2 Å². The van der Waals surface area contributed by atoms with Gasteiger partial charge in [0.1, 0.15) is 6.33 Å². The zero-order valence-electron chi connectivity index (χ0n) is 5.20. The Labute approximate surface area is 76.7 Å². The third kappa shape index (κ3) is 0.952. The maximum absolute atomic E-state index is 3.97. The van der Waals surface area contributed by atoms with E-state index >= 15 is 0 Å². The number of alkyl halides is 1. The molecular weight excluding hydrogens is 261 g/mol. The van der Waals surface area contributed by atoms with E-state index in [9.17, 15) is 0 Å². The van der Waals surface area contributed by atoms with Gasteiger partial charge in [0.2, 0.25) is 0 Å². The number of nitrogens with zero attached hydrogens (tertiary/aromatic N) is 3. The van der Waals surface area contributed by atoms with Crippen LogP contribution >= 0.6 is 34.4 Å². The molecule has 2 rings (SSSR count). The van der Waals surface area contributed by atoms with E-state index in [0.717, 1.165) is 15.3 Å². The summed E-state index contributed by atoms with van der Waals surface area (Å²) in [5.41, 5.74) is 0. The topological polar surface area (TPSA) is 30.7 Å². The van der Waals surface area contributed by atoms with E-state index < -0.39 is 0 Å². The highest BCUT2D eigenvalue weighted by molar-refractivity contribution is 14.1. The van der Waals surface area contributed by atoms with Crippen molar-refractivity contribution < 1.29 is 0 Å². The second kappa shape index (κ2) is 2.69. The standard InChI is InChI=1S/C5H6IN3S/c6-1-4-2-10-5-8-7-3-9(4)5/h3-4H,1-2H2. The van der Waals surface area contributed by atoms with Crippen molar-refractivity contribution in [3.8, 4) is 0 Å². The molecule has 0 saturated heterocycles. The van der Waals surface area contributed by atoms with Crippen molar-refractivity contribution in [3.05, 3.63) is 6.33 Å². The van der Waals surface area contributed by atoms with Gasteiger partial charge in [-0.05, 0) is 0 Å². The number of fused-ring (bicyclic) bond motifs is 1. The maximum Gasteiger partial charge on any atom is 0.191 e. The van der Waals surface area contributed by atoms with Gasteiger partial charge in [0.15, 0.2) is 5.16 Å². The summed E-state index contributed by atoms with van der Waals surface area (Å²) in [5, 5.41) is 8.87. The predicted molar refractivity (Wildman–Crippen MR) is 48.7 cm³/mol. The molecule has 10 heavy (non-hydrogen) atoms. The predicted octanol–water partition coefficient (Wildman–Crippen LogP) is 1.36. The highest BCUT2D eigenvalue weighted by Crippen LogP contribution is 2.31. The molecule has 1 unspecified atom stereocenters. The van der Waals surface area contributed by atoms with Crippen molar-refractivity contribution in [1.29, 1.82) is 0 Å². The Kier molecular flexibility index (Phi) is 1.86. The van der Waals surface area contributed by atoms with Crippen molar-refractivity contribution in [2.75, 3.05) is 10.2 Å². The Bertz CT molecular complexity index is 237. The Hall–Kier alpha value is 0.220. The molecule has 1 atom stereocenters. The zero-order chi connectivity index (χ0) is 6.97. The molecule has 0 amide bonds. The molecule has 0 bridgehead atoms. The Morgan fingerprint density at radius 2 is 2.80 bits per heavy atom. The molecule has 0 aromatic carbocycles. The Morgan fingerprint density at radius 1 is 1.90 bits per heavy atom. The van der Waals surface area contributed by atoms with Crippen molar-refractivity contribution in [2.45, 2.75) is 11.2 Å². The molecule has 0 aliphatic carbocycles. The first kappa shape index (κ1) is 6.90. The van der Waals surface area contributed by atoms with E-state index in [4.69, 9.17) is 0 Å². The average molecular weight is 267 g/mol. The van der Waals surface area contributed by atoms with E-state index in [1.807, 2.05) is 6.33 Å². The van der Waals surface area contributed by atoms with Gasteiger partial charge in [-0.1, -0.05) is 34.4 Å². The van der Waals surface area contributed by atoms with E-state index in [1.54, 1.807) is 11.8 Å². The molecule has 0 saturated carbocycles. The molecule has 54 valence electrons. The van der Waals surface area contributed by atoms with Crippen molar-refractivity contribution in [1.82, 2.24) is 14.8 Å². The molecule has 0 N–H and O–H groups in total. The molecule has 0 radical (unpaired) electrons. The summed E-state index contributed by atoms with van der Waals surface area (Å²) in [6.45, 7) is 0. The van der Waals surface area contributed by atoms with Gasteiger partial charge in [0.05, 0.1) is 6.04 Å². The lowest BCUT2D eigenvalue weighted by Crippen LogP contribution is -2.05. The number of hydrogen-bond donors (Lipinski definition) is 0. The maximum atomic E-state index is 3.97. The van der Waals surface area contributed by atoms with E-state index in [-0.39, 0.29) is 0 Å². The molecule has 0 spiro atoms. The molecule has 1 aromatic heterocycles. The Morgan fingerprint density at radius 3 is 3.60 bits per heavy atom. The van der Waals surface area contributed by atoms with Gasteiger partial charge in [-0.2, -0.15) is 0 Å². The van der Waals surface area contributed by atoms with Gasteiger partial charge in [0.25, 0.3) is 0 Å². The van der Waals surface area contributed by atoms with Crippen molar-refractivity contribution in [2.24, 2.45) is 0 Å². The third-order valence-electron chi connectivity index (χ3n) is 1.52. The lowest BCUT2D eigenvalue weighted by atomic mass is 10.4. The van der Waals surface area contributed by atoms with Gasteiger partial charge in [-0.25, -0.2) is 0 Å². The number of halogens is 1. The second-order valence-corrected chi connectivity index (χ2v) is 4.01. The minimum absolute atomic E-state index is 0.621. The van der Waals surface area contributed by atoms with Gasteiger partial charge in [-0.3, -0.25) is 0 Å². The summed E-state index contributed by atoms with van der Waals surface area (Å²) in [4.78, 5) is 0. The van der Waals surface area contributed by atoms with Crippen LogP contribution in [0.5, 0.6) is 0 Å². The lowest BCUT2D eigenvalue weighted by molar-refractivity contribution is 0.598. The summed E-state index contributed by atoms with van der Waals surface area (Å²) in [5.74, 6) is 1.16. The van der Waals surface area contributed by atoms with E-state index in [1.165, 1.54) is 0 Å². The highest BCUT2D eigenvalue weighted by atomic mass is 127. The summed E-state index contributed by atoms with van der Waals surface area (Å²) in [7, 11) is 0. The number of rotatable bonds is 1. The van der Waals surface area contributed by atoms with Gasteiger partial charge in [0, 0.05) is 10.2 Å². The van der Waals surface area contributed by atoms with Gasteiger partial charge < -0.3 is 4.57 Å². The summed E-state index contributed by atoms with van der Waals surface area (Å²) < 4.78 is 3.30. The monoisotopic (exact) mass is 267 g/mol. The fourth-order valence-corrected chi connectivity index (χ4v) is 3.18. The zero-order valence-corrected chi connectivity index (χ0v) is 8.17. The van der Waals surface area contributed by atoms with Crippen LogP contribution in [0.4, 0.5) is 0 Å². The molecule has 1 aliphatic rings. The minimum atomic E-state index is 0.621. The third-order valence-corrected chi connectivity index (χ3v) is 3.64. The largest absolute Gasteiger partial charge is 0.304 e. The fraction of sp³-hybridized carbons (Fsp3) is 0.600. The number of hydrogen-bond acceptors (Lipinski definition) is 3. The first-order valence-electron chi connectivity index (χ1n) is 3.00. The molecule has 5 heteroatoms. The Balaban J connectivity index is 2.34. The molecule has 0 fully saturated rings. The quantitative estimate of drug-likeness (QED) is 0.568. The smallest absolute Gasteiger partial charge is 0.191 e. The van der Waals surface area contributed by atoms with Crippen LogP contribution in [0, 0.1) is 0 Å². The number of thioether (sulfide) groups is 1. The second-order valence-electron chi connectivity index (χ2n) is 2.14. The van der Waals surface area contributed by atoms with Crippen molar-refractivity contribution >= 4 is 34.4 Å². The van der Waals surface area contributed by atoms with Crippen LogP contribution in [0.3, 0.4) is 0 Å². The lowest BCUT2D eigenvalue weighted by Gasteiger charge is -2.04. The SMILES string of the molecule is ICC1CSc2nncn21. The summed E-state index contributed by atoms with van der Waals surface area (Å²) >= 11 is 4.19. The summed E-state index contributed by atoms with van der Waals surface area (Å²) in [6.07, 6.45) is 1.82. The number of aromatic nitrogens is 3. The molecule has 1 aliphatic heterocycles. The van der Waals surface area contributed by atoms with Crippen LogP contribution in [0.2, 0.25) is 0 Å². The van der Waals surface area contributed by atoms with Crippen LogP contribution in [-0.4, -0.2) is 24.9 Å². The van der Waals surface area contributed by atoms with Crippen LogP contribution in [0.1, 0.15) is 6.04 Å².